The first-order valence-corrected chi connectivity index (χ1v) is 8.50. The van der Waals surface area contributed by atoms with Crippen LogP contribution in [0.25, 0.3) is 16.9 Å². The molecule has 0 saturated carbocycles. The molecule has 0 aliphatic heterocycles. The van der Waals surface area contributed by atoms with E-state index in [2.05, 4.69) is 20.0 Å². The van der Waals surface area contributed by atoms with Crippen LogP contribution in [0.3, 0.4) is 0 Å². The zero-order valence-corrected chi connectivity index (χ0v) is 12.8. The van der Waals surface area contributed by atoms with E-state index in [1.54, 1.807) is 22.7 Å². The summed E-state index contributed by atoms with van der Waals surface area (Å²) in [6.45, 7) is 1.83. The second-order valence-electron chi connectivity index (χ2n) is 4.85. The second-order valence-corrected chi connectivity index (χ2v) is 6.70. The maximum atomic E-state index is 11.8. The van der Waals surface area contributed by atoms with Gasteiger partial charge in [-0.2, -0.15) is 9.61 Å². The summed E-state index contributed by atoms with van der Waals surface area (Å²) in [5.41, 5.74) is 2.70. The minimum absolute atomic E-state index is 0.0993. The maximum Gasteiger partial charge on any atom is 0.232 e. The molecule has 3 aromatic rings. The molecule has 1 N–H and O–H groups in total. The van der Waals surface area contributed by atoms with Crippen LogP contribution in [0, 0.1) is 0 Å². The Morgan fingerprint density at radius 1 is 1.23 bits per heavy atom. The number of sulfonamides is 1. The largest absolute Gasteiger partial charge is 0.284 e. The Morgan fingerprint density at radius 2 is 2.09 bits per heavy atom. The van der Waals surface area contributed by atoms with Gasteiger partial charge in [-0.1, -0.05) is 19.1 Å². The second kappa shape index (κ2) is 5.72. The Kier molecular flexibility index (Phi) is 3.76. The van der Waals surface area contributed by atoms with Crippen molar-refractivity contribution in [3.05, 3.63) is 42.7 Å². The summed E-state index contributed by atoms with van der Waals surface area (Å²) in [5, 5.41) is 12.1. The number of hydrogen-bond donors (Lipinski definition) is 1. The number of nitrogens with one attached hydrogen (secondary N) is 1. The van der Waals surface area contributed by atoms with Gasteiger partial charge < -0.3 is 0 Å². The van der Waals surface area contributed by atoms with Crippen molar-refractivity contribution < 1.29 is 8.42 Å². The molecule has 0 saturated heterocycles. The quantitative estimate of drug-likeness (QED) is 0.777. The van der Waals surface area contributed by atoms with Crippen molar-refractivity contribution in [1.29, 1.82) is 0 Å². The third kappa shape index (κ3) is 3.06. The van der Waals surface area contributed by atoms with Crippen molar-refractivity contribution in [2.75, 3.05) is 10.5 Å². The first-order chi connectivity index (χ1) is 10.6. The first kappa shape index (κ1) is 14.5. The predicted molar refractivity (Wildman–Crippen MR) is 83.9 cm³/mol. The lowest BCUT2D eigenvalue weighted by Crippen LogP contribution is -2.16. The van der Waals surface area contributed by atoms with Crippen LogP contribution in [0.15, 0.2) is 42.7 Å². The average molecular weight is 317 g/mol. The molecule has 0 bridgehead atoms. The molecular weight excluding hydrogens is 302 g/mol. The van der Waals surface area contributed by atoms with Crippen molar-refractivity contribution in [2.24, 2.45) is 0 Å². The number of fused-ring (bicyclic) bond motifs is 1. The summed E-state index contributed by atoms with van der Waals surface area (Å²) >= 11 is 0. The van der Waals surface area contributed by atoms with Crippen LogP contribution in [0.4, 0.5) is 5.69 Å². The molecule has 8 heteroatoms. The molecule has 0 spiro atoms. The van der Waals surface area contributed by atoms with E-state index in [1.165, 1.54) is 6.33 Å². The number of anilines is 1. The van der Waals surface area contributed by atoms with Crippen LogP contribution >= 0.6 is 0 Å². The van der Waals surface area contributed by atoms with Crippen LogP contribution in [0.2, 0.25) is 0 Å². The molecule has 0 aliphatic carbocycles. The van der Waals surface area contributed by atoms with Gasteiger partial charge in [0, 0.05) is 11.3 Å². The van der Waals surface area contributed by atoms with Crippen LogP contribution in [-0.4, -0.2) is 34.0 Å². The van der Waals surface area contributed by atoms with Crippen molar-refractivity contribution in [3.63, 3.8) is 0 Å². The van der Waals surface area contributed by atoms with Gasteiger partial charge >= 0.3 is 0 Å². The van der Waals surface area contributed by atoms with Crippen molar-refractivity contribution >= 4 is 21.4 Å². The van der Waals surface area contributed by atoms with Crippen LogP contribution in [-0.2, 0) is 10.0 Å². The summed E-state index contributed by atoms with van der Waals surface area (Å²) in [7, 11) is -3.30. The Labute approximate surface area is 128 Å². The topological polar surface area (TPSA) is 89.2 Å². The lowest BCUT2D eigenvalue weighted by atomic mass is 10.1. The molecule has 3 rings (SSSR count). The Morgan fingerprint density at radius 3 is 2.91 bits per heavy atom. The molecule has 0 radical (unpaired) electrons. The summed E-state index contributed by atoms with van der Waals surface area (Å²) in [6, 6.07) is 10.8. The van der Waals surface area contributed by atoms with E-state index >= 15 is 0 Å². The third-order valence-corrected chi connectivity index (χ3v) is 4.56. The highest BCUT2D eigenvalue weighted by atomic mass is 32.2. The van der Waals surface area contributed by atoms with Crippen molar-refractivity contribution in [3.8, 4) is 11.3 Å². The van der Waals surface area contributed by atoms with Crippen LogP contribution < -0.4 is 4.72 Å². The fourth-order valence-electron chi connectivity index (χ4n) is 2.12. The number of rotatable bonds is 5. The summed E-state index contributed by atoms with van der Waals surface area (Å²) in [4.78, 5) is 0. The number of nitrogens with zero attached hydrogens (tertiary/aromatic N) is 4. The van der Waals surface area contributed by atoms with E-state index in [-0.39, 0.29) is 5.75 Å². The highest BCUT2D eigenvalue weighted by Gasteiger charge is 2.10. The molecule has 2 aromatic heterocycles. The van der Waals surface area contributed by atoms with E-state index in [1.807, 2.05) is 25.1 Å². The molecule has 0 atom stereocenters. The average Bonchev–Trinajstić information content (AvgIpc) is 2.94. The normalized spacial score (nSPS) is 11.7. The number of aromatic nitrogens is 4. The minimum Gasteiger partial charge on any atom is -0.284 e. The van der Waals surface area contributed by atoms with Crippen molar-refractivity contribution in [2.45, 2.75) is 13.3 Å². The van der Waals surface area contributed by atoms with E-state index < -0.39 is 10.0 Å². The molecule has 114 valence electrons. The van der Waals surface area contributed by atoms with E-state index in [0.29, 0.717) is 23.4 Å². The minimum atomic E-state index is -3.30. The Balaban J connectivity index is 1.93. The first-order valence-electron chi connectivity index (χ1n) is 6.85. The Hall–Kier alpha value is -2.48. The molecule has 22 heavy (non-hydrogen) atoms. The molecule has 7 nitrogen and oxygen atoms in total. The summed E-state index contributed by atoms with van der Waals surface area (Å²) in [5.74, 6) is 0.0993. The molecule has 1 aromatic carbocycles. The van der Waals surface area contributed by atoms with Gasteiger partial charge in [-0.15, -0.1) is 10.2 Å². The van der Waals surface area contributed by atoms with Gasteiger partial charge in [0.1, 0.15) is 6.33 Å². The highest BCUT2D eigenvalue weighted by Crippen LogP contribution is 2.21. The molecule has 0 fully saturated rings. The van der Waals surface area contributed by atoms with Gasteiger partial charge in [-0.3, -0.25) is 4.72 Å². The van der Waals surface area contributed by atoms with Crippen molar-refractivity contribution in [1.82, 2.24) is 19.8 Å². The molecular formula is C14H15N5O2S. The lowest BCUT2D eigenvalue weighted by molar-refractivity contribution is 0.600. The van der Waals surface area contributed by atoms with Gasteiger partial charge in [0.2, 0.25) is 10.0 Å². The smallest absolute Gasteiger partial charge is 0.232 e. The van der Waals surface area contributed by atoms with E-state index in [9.17, 15) is 8.42 Å². The third-order valence-electron chi connectivity index (χ3n) is 3.07. The van der Waals surface area contributed by atoms with Gasteiger partial charge in [-0.05, 0) is 30.7 Å². The van der Waals surface area contributed by atoms with Gasteiger partial charge in [-0.25, -0.2) is 8.42 Å². The fraction of sp³-hybridized carbons (Fsp3) is 0.214. The molecule has 0 amide bonds. The maximum absolute atomic E-state index is 11.8. The SMILES string of the molecule is CCCS(=O)(=O)Nc1cccc(-c2ccc3nncn3n2)c1. The van der Waals surface area contributed by atoms with Gasteiger partial charge in [0.05, 0.1) is 11.4 Å². The standard InChI is InChI=1S/C14H15N5O2S/c1-2-8-22(20,21)18-12-5-3-4-11(9-12)13-6-7-14-16-15-10-19(14)17-13/h3-7,9-10,18H,2,8H2,1H3. The summed E-state index contributed by atoms with van der Waals surface area (Å²) < 4.78 is 27.8. The molecule has 0 aliphatic rings. The van der Waals surface area contributed by atoms with Crippen LogP contribution in [0.1, 0.15) is 13.3 Å². The highest BCUT2D eigenvalue weighted by molar-refractivity contribution is 7.92. The summed E-state index contributed by atoms with van der Waals surface area (Å²) in [6.07, 6.45) is 2.09. The predicted octanol–water partition coefficient (Wildman–Crippen LogP) is 1.94. The monoisotopic (exact) mass is 317 g/mol. The van der Waals surface area contributed by atoms with E-state index in [0.717, 1.165) is 5.56 Å². The number of hydrogen-bond acceptors (Lipinski definition) is 5. The fourth-order valence-corrected chi connectivity index (χ4v) is 3.25. The zero-order valence-electron chi connectivity index (χ0n) is 12.0. The van der Waals surface area contributed by atoms with Crippen LogP contribution in [0.5, 0.6) is 0 Å². The van der Waals surface area contributed by atoms with Gasteiger partial charge in [0.15, 0.2) is 5.65 Å². The molecule has 2 heterocycles. The number of benzene rings is 1. The lowest BCUT2D eigenvalue weighted by Gasteiger charge is -2.08. The van der Waals surface area contributed by atoms with E-state index in [4.69, 9.17) is 0 Å². The zero-order chi connectivity index (χ0) is 15.6. The van der Waals surface area contributed by atoms with Gasteiger partial charge in [0.25, 0.3) is 0 Å². The molecule has 0 unspecified atom stereocenters. The Bertz CT molecular complexity index is 904.